The molecule has 39 heavy (non-hydrogen) atoms. The van der Waals surface area contributed by atoms with Crippen LogP contribution in [0.2, 0.25) is 5.22 Å². The zero-order chi connectivity index (χ0) is 27.9. The normalized spacial score (nSPS) is 23.7. The summed E-state index contributed by atoms with van der Waals surface area (Å²) in [7, 11) is 1.93. The number of carbonyl (C=O) groups is 1. The highest BCUT2D eigenvalue weighted by atomic mass is 35.5. The smallest absolute Gasteiger partial charge is 0.249 e. The third-order valence-corrected chi connectivity index (χ3v) is 7.20. The van der Waals surface area contributed by atoms with Gasteiger partial charge in [0.25, 0.3) is 0 Å². The van der Waals surface area contributed by atoms with E-state index in [-0.39, 0.29) is 40.6 Å². The van der Waals surface area contributed by atoms with E-state index in [9.17, 15) is 13.6 Å². The van der Waals surface area contributed by atoms with E-state index in [1.165, 1.54) is 25.1 Å². The number of hydrogen-bond donors (Lipinski definition) is 1. The molecule has 0 aliphatic carbocycles. The minimum absolute atomic E-state index is 0.00302. The van der Waals surface area contributed by atoms with E-state index >= 15 is 8.78 Å². The van der Waals surface area contributed by atoms with E-state index in [2.05, 4.69) is 15.3 Å². The van der Waals surface area contributed by atoms with Gasteiger partial charge in [0.05, 0.1) is 30.0 Å². The van der Waals surface area contributed by atoms with Crippen molar-refractivity contribution in [2.75, 3.05) is 38.3 Å². The molecule has 2 aliphatic heterocycles. The van der Waals surface area contributed by atoms with Crippen LogP contribution in [0.4, 0.5) is 23.2 Å². The molecule has 3 aromatic rings. The van der Waals surface area contributed by atoms with Gasteiger partial charge in [-0.1, -0.05) is 0 Å². The van der Waals surface area contributed by atoms with Gasteiger partial charge in [0.2, 0.25) is 5.91 Å². The van der Waals surface area contributed by atoms with Crippen molar-refractivity contribution in [3.63, 3.8) is 0 Å². The predicted octanol–water partition coefficient (Wildman–Crippen LogP) is 4.70. The van der Waals surface area contributed by atoms with Gasteiger partial charge in [-0.25, -0.2) is 22.6 Å². The number of carbonyl (C=O) groups excluding carboxylic acids is 1. The Kier molecular flexibility index (Phi) is 7.41. The SMILES string of the molecule is CN1CCOC(CNC(=O)[C@]2(C)[C@@H](c3ccc(Cl)o3)C(c3ccc(F)cc3F)=NN2c2ccc(F)cc2F)C1. The number of morpholine rings is 1. The number of nitrogens with zero attached hydrogens (tertiary/aromatic N) is 3. The zero-order valence-corrected chi connectivity index (χ0v) is 21.8. The van der Waals surface area contributed by atoms with E-state index < -0.39 is 40.6 Å². The Morgan fingerprint density at radius 2 is 1.82 bits per heavy atom. The molecule has 3 atom stereocenters. The van der Waals surface area contributed by atoms with E-state index in [0.29, 0.717) is 25.3 Å². The molecule has 1 unspecified atom stereocenters. The van der Waals surface area contributed by atoms with Crippen molar-refractivity contribution >= 4 is 28.9 Å². The molecule has 1 aromatic heterocycles. The number of hydrazone groups is 1. The van der Waals surface area contributed by atoms with Gasteiger partial charge in [0.1, 0.15) is 23.2 Å². The van der Waals surface area contributed by atoms with E-state index in [1.54, 1.807) is 0 Å². The Hall–Kier alpha value is -3.41. The van der Waals surface area contributed by atoms with Crippen molar-refractivity contribution in [1.29, 1.82) is 0 Å². The summed E-state index contributed by atoms with van der Waals surface area (Å²) in [6.07, 6.45) is -0.305. The van der Waals surface area contributed by atoms with Crippen LogP contribution in [-0.4, -0.2) is 61.5 Å². The number of furan rings is 1. The molecule has 5 rings (SSSR count). The Morgan fingerprint density at radius 3 is 2.46 bits per heavy atom. The third-order valence-electron chi connectivity index (χ3n) is 7.00. The number of amides is 1. The highest BCUT2D eigenvalue weighted by molar-refractivity contribution is 6.28. The van der Waals surface area contributed by atoms with Gasteiger partial charge in [-0.3, -0.25) is 4.79 Å². The third kappa shape index (κ3) is 5.13. The lowest BCUT2D eigenvalue weighted by Crippen LogP contribution is -2.58. The molecule has 7 nitrogen and oxygen atoms in total. The largest absolute Gasteiger partial charge is 0.449 e. The van der Waals surface area contributed by atoms with Gasteiger partial charge in [-0.15, -0.1) is 0 Å². The van der Waals surface area contributed by atoms with Crippen molar-refractivity contribution in [3.05, 3.63) is 88.3 Å². The van der Waals surface area contributed by atoms with E-state index in [0.717, 1.165) is 29.8 Å². The standard InChI is InChI=1S/C27H25ClF4N4O3/c1-27(26(37)33-13-17-14-35(2)9-10-38-17)24(22-7-8-23(28)39-22)25(18-5-3-15(29)11-19(18)31)34-36(27)21-6-4-16(30)12-20(21)32/h3-8,11-12,17,24H,9-10,13-14H2,1-2H3,(H,33,37)/t17?,24-,27-/m0/s1. The van der Waals surface area contributed by atoms with Gasteiger partial charge in [-0.2, -0.15) is 5.10 Å². The summed E-state index contributed by atoms with van der Waals surface area (Å²) in [4.78, 5) is 16.1. The predicted molar refractivity (Wildman–Crippen MR) is 137 cm³/mol. The number of halogens is 5. The van der Waals surface area contributed by atoms with Crippen LogP contribution in [0.25, 0.3) is 0 Å². The van der Waals surface area contributed by atoms with Crippen molar-refractivity contribution < 1.29 is 31.5 Å². The maximum absolute atomic E-state index is 15.1. The number of nitrogens with one attached hydrogen (secondary N) is 1. The highest BCUT2D eigenvalue weighted by Gasteiger charge is 2.57. The lowest BCUT2D eigenvalue weighted by molar-refractivity contribution is -0.127. The Morgan fingerprint density at radius 1 is 1.10 bits per heavy atom. The quantitative estimate of drug-likeness (QED) is 0.440. The Bertz CT molecular complexity index is 1430. The van der Waals surface area contributed by atoms with E-state index in [1.807, 2.05) is 7.05 Å². The molecular formula is C27H25ClF4N4O3. The Labute approximate surface area is 227 Å². The maximum atomic E-state index is 15.1. The van der Waals surface area contributed by atoms with Crippen LogP contribution in [0.15, 0.2) is 58.0 Å². The van der Waals surface area contributed by atoms with Crippen molar-refractivity contribution in [2.45, 2.75) is 24.5 Å². The maximum Gasteiger partial charge on any atom is 0.249 e. The topological polar surface area (TPSA) is 70.3 Å². The minimum Gasteiger partial charge on any atom is -0.449 e. The van der Waals surface area contributed by atoms with Gasteiger partial charge in [0.15, 0.2) is 16.6 Å². The van der Waals surface area contributed by atoms with Gasteiger partial charge >= 0.3 is 0 Å². The van der Waals surface area contributed by atoms with Crippen molar-refractivity contribution in [2.24, 2.45) is 5.10 Å². The average Bonchev–Trinajstić information content (AvgIpc) is 3.43. The molecule has 2 aliphatic rings. The lowest BCUT2D eigenvalue weighted by Gasteiger charge is -2.37. The molecule has 12 heteroatoms. The second-order valence-electron chi connectivity index (χ2n) is 9.70. The highest BCUT2D eigenvalue weighted by Crippen LogP contribution is 2.46. The molecule has 1 fully saturated rings. The minimum atomic E-state index is -1.77. The fourth-order valence-electron chi connectivity index (χ4n) is 5.02. The molecule has 1 saturated heterocycles. The second-order valence-corrected chi connectivity index (χ2v) is 10.1. The number of likely N-dealkylation sites (N-methyl/N-ethyl adjacent to an activating group) is 1. The summed E-state index contributed by atoms with van der Waals surface area (Å²) in [5.74, 6) is -5.19. The molecule has 1 N–H and O–H groups in total. The summed E-state index contributed by atoms with van der Waals surface area (Å²) in [6, 6.07) is 8.66. The van der Waals surface area contributed by atoms with Crippen molar-refractivity contribution in [3.8, 4) is 0 Å². The molecule has 1 amide bonds. The number of anilines is 1. The number of hydrogen-bond acceptors (Lipinski definition) is 6. The van der Waals surface area contributed by atoms with Gasteiger partial charge < -0.3 is 19.4 Å². The number of rotatable bonds is 6. The molecule has 0 spiro atoms. The van der Waals surface area contributed by atoms with Crippen LogP contribution in [0.3, 0.4) is 0 Å². The van der Waals surface area contributed by atoms with Crippen LogP contribution in [0.5, 0.6) is 0 Å². The first-order valence-electron chi connectivity index (χ1n) is 12.2. The Balaban J connectivity index is 1.63. The summed E-state index contributed by atoms with van der Waals surface area (Å²) >= 11 is 6.06. The van der Waals surface area contributed by atoms with Crippen LogP contribution in [0.1, 0.15) is 24.2 Å². The summed E-state index contributed by atoms with van der Waals surface area (Å²) in [5, 5.41) is 8.41. The van der Waals surface area contributed by atoms with E-state index in [4.69, 9.17) is 20.8 Å². The average molecular weight is 565 g/mol. The summed E-state index contributed by atoms with van der Waals surface area (Å²) in [6.45, 7) is 3.43. The zero-order valence-electron chi connectivity index (χ0n) is 21.1. The lowest BCUT2D eigenvalue weighted by atomic mass is 9.78. The molecule has 206 valence electrons. The van der Waals surface area contributed by atoms with Crippen LogP contribution >= 0.6 is 11.6 Å². The van der Waals surface area contributed by atoms with Crippen LogP contribution in [0, 0.1) is 23.3 Å². The van der Waals surface area contributed by atoms with Crippen LogP contribution in [-0.2, 0) is 9.53 Å². The first-order valence-corrected chi connectivity index (χ1v) is 12.6. The second kappa shape index (κ2) is 10.6. The monoisotopic (exact) mass is 564 g/mol. The number of benzene rings is 2. The first kappa shape index (κ1) is 27.2. The first-order chi connectivity index (χ1) is 18.6. The molecule has 0 saturated carbocycles. The fraction of sp³-hybridized carbons (Fsp3) is 0.333. The van der Waals surface area contributed by atoms with Crippen molar-refractivity contribution in [1.82, 2.24) is 10.2 Å². The molecule has 0 radical (unpaired) electrons. The summed E-state index contributed by atoms with van der Waals surface area (Å²) < 4.78 is 69.3. The van der Waals surface area contributed by atoms with Gasteiger partial charge in [-0.05, 0) is 62.0 Å². The van der Waals surface area contributed by atoms with Crippen LogP contribution < -0.4 is 10.3 Å². The molecular weight excluding hydrogens is 540 g/mol. The molecule has 3 heterocycles. The molecule has 2 aromatic carbocycles. The molecule has 0 bridgehead atoms. The number of ether oxygens (including phenoxy) is 1. The summed E-state index contributed by atoms with van der Waals surface area (Å²) in [5.41, 5.74) is -2.16. The fourth-order valence-corrected chi connectivity index (χ4v) is 5.17. The van der Waals surface area contributed by atoms with Gasteiger partial charge in [0, 0.05) is 37.3 Å².